The van der Waals surface area contributed by atoms with Crippen LogP contribution >= 0.6 is 23.2 Å². The Morgan fingerprint density at radius 2 is 2.10 bits per heavy atom. The van der Waals surface area contributed by atoms with E-state index in [2.05, 4.69) is 15.1 Å². The molecule has 0 spiro atoms. The summed E-state index contributed by atoms with van der Waals surface area (Å²) in [6, 6.07) is 4.10. The molecule has 0 atom stereocenters. The van der Waals surface area contributed by atoms with Gasteiger partial charge in [-0.3, -0.25) is 4.68 Å². The fourth-order valence-corrected chi connectivity index (χ4v) is 2.21. The van der Waals surface area contributed by atoms with Crippen LogP contribution in [0.3, 0.4) is 0 Å². The standard InChI is InChI=1S/C13H9Cl2FN4O/c1-20-13-8(5-17-20)12(15)18-11(19-13)6-21-7-2-3-10(16)9(14)4-7/h2-5H,6H2,1H3. The smallest absolute Gasteiger partial charge is 0.170 e. The maximum atomic E-state index is 13.1. The zero-order chi connectivity index (χ0) is 15.0. The monoisotopic (exact) mass is 326 g/mol. The fraction of sp³-hybridized carbons (Fsp3) is 0.154. The van der Waals surface area contributed by atoms with Gasteiger partial charge in [0.15, 0.2) is 11.5 Å². The molecule has 0 aliphatic rings. The summed E-state index contributed by atoms with van der Waals surface area (Å²) in [7, 11) is 1.76. The van der Waals surface area contributed by atoms with Gasteiger partial charge in [0.2, 0.25) is 0 Å². The van der Waals surface area contributed by atoms with E-state index in [1.54, 1.807) is 17.9 Å². The molecule has 8 heteroatoms. The number of aryl methyl sites for hydroxylation is 1. The molecule has 3 aromatic rings. The normalized spacial score (nSPS) is 11.0. The molecule has 0 fully saturated rings. The van der Waals surface area contributed by atoms with Gasteiger partial charge in [-0.15, -0.1) is 0 Å². The van der Waals surface area contributed by atoms with E-state index < -0.39 is 5.82 Å². The number of halogens is 3. The Balaban J connectivity index is 1.84. The van der Waals surface area contributed by atoms with Gasteiger partial charge in [-0.2, -0.15) is 5.10 Å². The molecule has 108 valence electrons. The highest BCUT2D eigenvalue weighted by molar-refractivity contribution is 6.33. The molecule has 0 saturated heterocycles. The van der Waals surface area contributed by atoms with Crippen LogP contribution in [-0.2, 0) is 13.7 Å². The van der Waals surface area contributed by atoms with Crippen molar-refractivity contribution < 1.29 is 9.13 Å². The van der Waals surface area contributed by atoms with Crippen molar-refractivity contribution in [2.24, 2.45) is 7.05 Å². The Morgan fingerprint density at radius 3 is 2.86 bits per heavy atom. The summed E-state index contributed by atoms with van der Waals surface area (Å²) in [4.78, 5) is 8.46. The highest BCUT2D eigenvalue weighted by Gasteiger charge is 2.10. The minimum atomic E-state index is -0.500. The van der Waals surface area contributed by atoms with E-state index in [-0.39, 0.29) is 11.6 Å². The minimum Gasteiger partial charge on any atom is -0.486 e. The van der Waals surface area contributed by atoms with Gasteiger partial charge in [0.05, 0.1) is 16.6 Å². The number of benzene rings is 1. The predicted octanol–water partition coefficient (Wildman–Crippen LogP) is 3.39. The molecule has 1 aromatic carbocycles. The number of ether oxygens (including phenoxy) is 1. The van der Waals surface area contributed by atoms with E-state index in [0.29, 0.717) is 27.8 Å². The first-order chi connectivity index (χ1) is 10.0. The lowest BCUT2D eigenvalue weighted by atomic mass is 10.3. The lowest BCUT2D eigenvalue weighted by Crippen LogP contribution is -2.04. The molecule has 21 heavy (non-hydrogen) atoms. The van der Waals surface area contributed by atoms with Gasteiger partial charge in [0.25, 0.3) is 0 Å². The van der Waals surface area contributed by atoms with Crippen LogP contribution in [0.1, 0.15) is 5.82 Å². The van der Waals surface area contributed by atoms with Crippen molar-refractivity contribution in [3.05, 3.63) is 46.2 Å². The summed E-state index contributed by atoms with van der Waals surface area (Å²) in [5.41, 5.74) is 0.616. The molecule has 3 rings (SSSR count). The second-order valence-electron chi connectivity index (χ2n) is 4.30. The van der Waals surface area contributed by atoms with E-state index in [4.69, 9.17) is 27.9 Å². The van der Waals surface area contributed by atoms with Gasteiger partial charge in [-0.1, -0.05) is 23.2 Å². The van der Waals surface area contributed by atoms with Crippen LogP contribution in [0, 0.1) is 5.82 Å². The van der Waals surface area contributed by atoms with E-state index in [0.717, 1.165) is 0 Å². The van der Waals surface area contributed by atoms with Crippen molar-refractivity contribution in [1.29, 1.82) is 0 Å². The zero-order valence-electron chi connectivity index (χ0n) is 10.8. The maximum absolute atomic E-state index is 13.1. The molecule has 0 aliphatic heterocycles. The highest BCUT2D eigenvalue weighted by Crippen LogP contribution is 2.23. The summed E-state index contributed by atoms with van der Waals surface area (Å²) < 4.78 is 20.1. The molecular weight excluding hydrogens is 318 g/mol. The molecule has 0 unspecified atom stereocenters. The summed E-state index contributed by atoms with van der Waals surface area (Å²) in [5, 5.41) is 5.04. The lowest BCUT2D eigenvalue weighted by Gasteiger charge is -2.06. The Morgan fingerprint density at radius 1 is 1.29 bits per heavy atom. The summed E-state index contributed by atoms with van der Waals surface area (Å²) in [6.45, 7) is 0.0861. The Hall–Kier alpha value is -1.92. The van der Waals surface area contributed by atoms with Crippen LogP contribution in [0.4, 0.5) is 4.39 Å². The van der Waals surface area contributed by atoms with Crippen molar-refractivity contribution in [3.63, 3.8) is 0 Å². The van der Waals surface area contributed by atoms with Gasteiger partial charge in [0.1, 0.15) is 23.3 Å². The first-order valence-electron chi connectivity index (χ1n) is 5.96. The Kier molecular flexibility index (Phi) is 3.65. The van der Waals surface area contributed by atoms with E-state index >= 15 is 0 Å². The zero-order valence-corrected chi connectivity index (χ0v) is 12.4. The molecule has 0 radical (unpaired) electrons. The average molecular weight is 327 g/mol. The van der Waals surface area contributed by atoms with Crippen LogP contribution in [-0.4, -0.2) is 19.7 Å². The van der Waals surface area contributed by atoms with Crippen LogP contribution in [0.2, 0.25) is 10.2 Å². The van der Waals surface area contributed by atoms with Gasteiger partial charge >= 0.3 is 0 Å². The number of fused-ring (bicyclic) bond motifs is 1. The Labute approximate surface area is 129 Å². The van der Waals surface area contributed by atoms with Crippen LogP contribution in [0.5, 0.6) is 5.75 Å². The minimum absolute atomic E-state index is 0.00598. The summed E-state index contributed by atoms with van der Waals surface area (Å²) in [6.07, 6.45) is 1.60. The third-order valence-corrected chi connectivity index (χ3v) is 3.43. The van der Waals surface area contributed by atoms with E-state index in [9.17, 15) is 4.39 Å². The van der Waals surface area contributed by atoms with Crippen molar-refractivity contribution in [3.8, 4) is 5.75 Å². The van der Waals surface area contributed by atoms with E-state index in [1.807, 2.05) is 0 Å². The van der Waals surface area contributed by atoms with Crippen molar-refractivity contribution in [2.45, 2.75) is 6.61 Å². The van der Waals surface area contributed by atoms with Gasteiger partial charge in [0, 0.05) is 13.1 Å². The predicted molar refractivity (Wildman–Crippen MR) is 77.1 cm³/mol. The third-order valence-electron chi connectivity index (χ3n) is 2.85. The van der Waals surface area contributed by atoms with Crippen LogP contribution < -0.4 is 4.74 Å². The third kappa shape index (κ3) is 2.77. The maximum Gasteiger partial charge on any atom is 0.170 e. The molecule has 2 heterocycles. The molecule has 5 nitrogen and oxygen atoms in total. The van der Waals surface area contributed by atoms with Crippen LogP contribution in [0.15, 0.2) is 24.4 Å². The lowest BCUT2D eigenvalue weighted by molar-refractivity contribution is 0.296. The molecule has 0 aliphatic carbocycles. The SMILES string of the molecule is Cn1ncc2c(Cl)nc(COc3ccc(F)c(Cl)c3)nc21. The van der Waals surface area contributed by atoms with Crippen LogP contribution in [0.25, 0.3) is 11.0 Å². The highest BCUT2D eigenvalue weighted by atomic mass is 35.5. The molecule has 0 bridgehead atoms. The number of hydrogen-bond donors (Lipinski definition) is 0. The quantitative estimate of drug-likeness (QED) is 0.692. The Bertz CT molecular complexity index is 821. The fourth-order valence-electron chi connectivity index (χ4n) is 1.81. The van der Waals surface area contributed by atoms with Crippen molar-refractivity contribution >= 4 is 34.2 Å². The molecule has 0 N–H and O–H groups in total. The van der Waals surface area contributed by atoms with Gasteiger partial charge < -0.3 is 4.74 Å². The van der Waals surface area contributed by atoms with Crippen molar-refractivity contribution in [1.82, 2.24) is 19.7 Å². The number of nitrogens with zero attached hydrogens (tertiary/aromatic N) is 4. The first kappa shape index (κ1) is 14.0. The van der Waals surface area contributed by atoms with Gasteiger partial charge in [-0.05, 0) is 12.1 Å². The average Bonchev–Trinajstić information content (AvgIpc) is 2.83. The number of aromatic nitrogens is 4. The topological polar surface area (TPSA) is 52.8 Å². The number of rotatable bonds is 3. The summed E-state index contributed by atoms with van der Waals surface area (Å²) in [5.74, 6) is 0.322. The second-order valence-corrected chi connectivity index (χ2v) is 5.07. The van der Waals surface area contributed by atoms with E-state index in [1.165, 1.54) is 18.2 Å². The number of hydrogen-bond acceptors (Lipinski definition) is 4. The molecule has 0 saturated carbocycles. The molecule has 0 amide bonds. The molecular formula is C13H9Cl2FN4O. The molecule has 2 aromatic heterocycles. The second kappa shape index (κ2) is 5.46. The first-order valence-corrected chi connectivity index (χ1v) is 6.72. The summed E-state index contributed by atoms with van der Waals surface area (Å²) >= 11 is 11.8. The van der Waals surface area contributed by atoms with Crippen molar-refractivity contribution in [2.75, 3.05) is 0 Å². The largest absolute Gasteiger partial charge is 0.486 e. The van der Waals surface area contributed by atoms with Gasteiger partial charge in [-0.25, -0.2) is 14.4 Å².